The lowest BCUT2D eigenvalue weighted by molar-refractivity contribution is 0.569. The van der Waals surface area contributed by atoms with Crippen LogP contribution in [0.5, 0.6) is 0 Å². The number of para-hydroxylation sites is 1. The summed E-state index contributed by atoms with van der Waals surface area (Å²) in [6, 6.07) is 54.8. The van der Waals surface area contributed by atoms with Crippen molar-refractivity contribution >= 4 is 60.3 Å². The zero-order valence-corrected chi connectivity index (χ0v) is 25.8. The molecule has 0 aliphatic rings. The highest BCUT2D eigenvalue weighted by molar-refractivity contribution is 6.26. The van der Waals surface area contributed by atoms with Gasteiger partial charge in [0.15, 0.2) is 0 Å². The van der Waals surface area contributed by atoms with Gasteiger partial charge < -0.3 is 0 Å². The molecule has 2 heteroatoms. The van der Waals surface area contributed by atoms with E-state index < -0.39 is 0 Å². The zero-order chi connectivity index (χ0) is 30.5. The quantitative estimate of drug-likeness (QED) is 0.152. The van der Waals surface area contributed by atoms with Gasteiger partial charge in [-0.1, -0.05) is 142 Å². The molecular formula is C43H34N2. The van der Waals surface area contributed by atoms with Crippen LogP contribution in [0.2, 0.25) is 0 Å². The highest BCUT2D eigenvalue weighted by atomic mass is 15.2. The van der Waals surface area contributed by atoms with Gasteiger partial charge in [-0.05, 0) is 73.8 Å². The fourth-order valence-corrected chi connectivity index (χ4v) is 6.82. The third kappa shape index (κ3) is 4.53. The van der Waals surface area contributed by atoms with E-state index in [4.69, 9.17) is 4.98 Å². The molecule has 0 fully saturated rings. The van der Waals surface area contributed by atoms with Gasteiger partial charge >= 0.3 is 0 Å². The first-order valence-corrected chi connectivity index (χ1v) is 15.7. The number of aromatic nitrogens is 1. The molecule has 1 aromatic heterocycles. The lowest BCUT2D eigenvalue weighted by Crippen LogP contribution is -2.18. The molecule has 0 saturated carbocycles. The molecule has 0 aliphatic carbocycles. The third-order valence-electron chi connectivity index (χ3n) is 8.91. The van der Waals surface area contributed by atoms with Crippen LogP contribution >= 0.6 is 0 Å². The van der Waals surface area contributed by atoms with Gasteiger partial charge in [0.1, 0.15) is 5.82 Å². The molecule has 0 aliphatic heterocycles. The van der Waals surface area contributed by atoms with Crippen LogP contribution in [0.3, 0.4) is 0 Å². The van der Waals surface area contributed by atoms with E-state index >= 15 is 0 Å². The van der Waals surface area contributed by atoms with Crippen molar-refractivity contribution in [3.63, 3.8) is 0 Å². The third-order valence-corrected chi connectivity index (χ3v) is 8.91. The van der Waals surface area contributed by atoms with E-state index in [1.165, 1.54) is 54.2 Å². The number of hydrogen-bond donors (Lipinski definition) is 0. The molecule has 8 aromatic rings. The van der Waals surface area contributed by atoms with Gasteiger partial charge in [-0.2, -0.15) is 0 Å². The Kier molecular flexibility index (Phi) is 6.39. The molecule has 0 bridgehead atoms. The second kappa shape index (κ2) is 10.6. The van der Waals surface area contributed by atoms with Gasteiger partial charge in [0.2, 0.25) is 0 Å². The number of hydrogen-bond acceptors (Lipinski definition) is 2. The smallest absolute Gasteiger partial charge is 0.137 e. The number of anilines is 3. The molecular weight excluding hydrogens is 544 g/mol. The second-order valence-electron chi connectivity index (χ2n) is 12.8. The Hall–Kier alpha value is -5.47. The molecule has 1 heterocycles. The maximum Gasteiger partial charge on any atom is 0.137 e. The van der Waals surface area contributed by atoms with E-state index in [0.29, 0.717) is 0 Å². The fourth-order valence-electron chi connectivity index (χ4n) is 6.82. The molecule has 0 unspecified atom stereocenters. The Morgan fingerprint density at radius 2 is 1.00 bits per heavy atom. The number of rotatable bonds is 4. The molecule has 8 rings (SSSR count). The van der Waals surface area contributed by atoms with E-state index in [-0.39, 0.29) is 5.41 Å². The molecule has 45 heavy (non-hydrogen) atoms. The maximum absolute atomic E-state index is 5.29. The van der Waals surface area contributed by atoms with E-state index in [9.17, 15) is 0 Å². The topological polar surface area (TPSA) is 16.1 Å². The molecule has 7 aromatic carbocycles. The summed E-state index contributed by atoms with van der Waals surface area (Å²) in [6.07, 6.45) is 0. The Balaban J connectivity index is 1.52. The van der Waals surface area contributed by atoms with Crippen LogP contribution in [0.25, 0.3) is 54.2 Å². The summed E-state index contributed by atoms with van der Waals surface area (Å²) < 4.78 is 0. The van der Waals surface area contributed by atoms with Crippen molar-refractivity contribution in [2.45, 2.75) is 26.2 Å². The maximum atomic E-state index is 5.29. The lowest BCUT2D eigenvalue weighted by Gasteiger charge is -2.30. The normalized spacial score (nSPS) is 11.9. The monoisotopic (exact) mass is 578 g/mol. The first-order chi connectivity index (χ1) is 22.0. The average Bonchev–Trinajstić information content (AvgIpc) is 3.08. The van der Waals surface area contributed by atoms with Crippen molar-refractivity contribution in [3.05, 3.63) is 157 Å². The molecule has 0 N–H and O–H groups in total. The molecule has 2 nitrogen and oxygen atoms in total. The summed E-state index contributed by atoms with van der Waals surface area (Å²) in [5, 5.41) is 9.89. The standard InChI is InChI=1S/C43H34N2/c1-43(2,3)39-26-15-27-40(44-39)45(30-17-5-4-6-18-30)42-36-24-13-11-22-34(36)41(35-23-12-14-25-37(35)42)38-28-29-16-7-8-19-31(29)32-20-9-10-21-33(32)38/h4-28H,1-3H3. The Morgan fingerprint density at radius 1 is 0.467 bits per heavy atom. The predicted octanol–water partition coefficient (Wildman–Crippen LogP) is 12.1. The number of nitrogens with zero attached hydrogens (tertiary/aromatic N) is 2. The molecule has 0 amide bonds. The average molecular weight is 579 g/mol. The fraction of sp³-hybridized carbons (Fsp3) is 0.0930. The van der Waals surface area contributed by atoms with Crippen LogP contribution in [0, 0.1) is 0 Å². The second-order valence-corrected chi connectivity index (χ2v) is 12.8. The summed E-state index contributed by atoms with van der Waals surface area (Å²) in [4.78, 5) is 7.64. The molecule has 216 valence electrons. The highest BCUT2D eigenvalue weighted by Crippen LogP contribution is 2.49. The van der Waals surface area contributed by atoms with Crippen LogP contribution in [0.1, 0.15) is 26.5 Å². The van der Waals surface area contributed by atoms with Gasteiger partial charge in [-0.15, -0.1) is 0 Å². The highest BCUT2D eigenvalue weighted by Gasteiger charge is 2.25. The first-order valence-electron chi connectivity index (χ1n) is 15.7. The van der Waals surface area contributed by atoms with E-state index in [1.54, 1.807) is 0 Å². The van der Waals surface area contributed by atoms with Crippen LogP contribution < -0.4 is 4.90 Å². The molecule has 0 radical (unpaired) electrons. The lowest BCUT2D eigenvalue weighted by atomic mass is 9.86. The van der Waals surface area contributed by atoms with E-state index in [1.807, 2.05) is 0 Å². The van der Waals surface area contributed by atoms with Crippen molar-refractivity contribution in [3.8, 4) is 11.1 Å². The van der Waals surface area contributed by atoms with E-state index in [0.717, 1.165) is 22.9 Å². The Labute approximate surface area is 264 Å². The Bertz CT molecular complexity index is 2310. The minimum absolute atomic E-state index is 0.0799. The van der Waals surface area contributed by atoms with Crippen LogP contribution in [-0.2, 0) is 5.41 Å². The van der Waals surface area contributed by atoms with Crippen molar-refractivity contribution < 1.29 is 0 Å². The summed E-state index contributed by atoms with van der Waals surface area (Å²) in [5.74, 6) is 0.910. The van der Waals surface area contributed by atoms with Crippen molar-refractivity contribution in [1.29, 1.82) is 0 Å². The Morgan fingerprint density at radius 3 is 1.64 bits per heavy atom. The van der Waals surface area contributed by atoms with Gasteiger partial charge in [-0.25, -0.2) is 4.98 Å². The number of pyridine rings is 1. The minimum atomic E-state index is -0.0799. The van der Waals surface area contributed by atoms with Crippen molar-refractivity contribution in [2.24, 2.45) is 0 Å². The SMILES string of the molecule is CC(C)(C)c1cccc(N(c2ccccc2)c2c3ccccc3c(-c3cc4ccccc4c4ccccc34)c3ccccc23)n1. The van der Waals surface area contributed by atoms with Crippen LogP contribution in [0.15, 0.2) is 152 Å². The largest absolute Gasteiger partial charge is 0.294 e. The van der Waals surface area contributed by atoms with Crippen molar-refractivity contribution in [1.82, 2.24) is 4.98 Å². The van der Waals surface area contributed by atoms with Gasteiger partial charge in [0.25, 0.3) is 0 Å². The van der Waals surface area contributed by atoms with Gasteiger partial charge in [0, 0.05) is 27.6 Å². The number of benzene rings is 7. The minimum Gasteiger partial charge on any atom is -0.294 e. The summed E-state index contributed by atoms with van der Waals surface area (Å²) in [7, 11) is 0. The van der Waals surface area contributed by atoms with Gasteiger partial charge in [-0.3, -0.25) is 4.90 Å². The summed E-state index contributed by atoms with van der Waals surface area (Å²) in [5.41, 5.74) is 5.71. The summed E-state index contributed by atoms with van der Waals surface area (Å²) >= 11 is 0. The molecule has 0 saturated heterocycles. The van der Waals surface area contributed by atoms with E-state index in [2.05, 4.69) is 177 Å². The first kappa shape index (κ1) is 27.1. The predicted molar refractivity (Wildman–Crippen MR) is 193 cm³/mol. The number of fused-ring (bicyclic) bond motifs is 5. The van der Waals surface area contributed by atoms with Gasteiger partial charge in [0.05, 0.1) is 5.69 Å². The molecule has 0 spiro atoms. The molecule has 0 atom stereocenters. The zero-order valence-electron chi connectivity index (χ0n) is 25.8. The van der Waals surface area contributed by atoms with Crippen molar-refractivity contribution in [2.75, 3.05) is 4.90 Å². The van der Waals surface area contributed by atoms with Crippen LogP contribution in [-0.4, -0.2) is 4.98 Å². The van der Waals surface area contributed by atoms with Crippen LogP contribution in [0.4, 0.5) is 17.2 Å². The summed E-state index contributed by atoms with van der Waals surface area (Å²) in [6.45, 7) is 6.67.